The van der Waals surface area contributed by atoms with Crippen molar-refractivity contribution in [3.63, 3.8) is 0 Å². The van der Waals surface area contributed by atoms with Crippen LogP contribution in [-0.4, -0.2) is 13.6 Å². The molecule has 0 radical (unpaired) electrons. The Hall–Kier alpha value is -2.30. The van der Waals surface area contributed by atoms with E-state index in [2.05, 4.69) is 33.0 Å². The first-order valence-corrected chi connectivity index (χ1v) is 8.21. The minimum absolute atomic E-state index is 0.190. The standard InChI is InChI=1S/C19H16BrN3/c1-13-3-8-18-16(9-13)19(11-21,12-22)17(10-23(18)2)14-4-6-15(20)7-5-14/h3-9,17H,10H2,1-2H3. The molecule has 23 heavy (non-hydrogen) atoms. The zero-order valence-corrected chi connectivity index (χ0v) is 14.6. The van der Waals surface area contributed by atoms with Crippen LogP contribution in [0.25, 0.3) is 0 Å². The molecule has 0 saturated heterocycles. The fourth-order valence-electron chi connectivity index (χ4n) is 3.35. The van der Waals surface area contributed by atoms with Crippen LogP contribution in [0.5, 0.6) is 0 Å². The number of rotatable bonds is 1. The van der Waals surface area contributed by atoms with Crippen LogP contribution in [0, 0.1) is 29.6 Å². The predicted octanol–water partition coefficient (Wildman–Crippen LogP) is 4.28. The second-order valence-corrected chi connectivity index (χ2v) is 6.95. The number of aryl methyl sites for hydroxylation is 1. The normalized spacial score (nSPS) is 18.7. The molecule has 1 unspecified atom stereocenters. The van der Waals surface area contributed by atoms with Gasteiger partial charge in [0.15, 0.2) is 5.41 Å². The van der Waals surface area contributed by atoms with Crippen molar-refractivity contribution >= 4 is 21.6 Å². The molecule has 3 nitrogen and oxygen atoms in total. The van der Waals surface area contributed by atoms with Crippen LogP contribution in [0.2, 0.25) is 0 Å². The Morgan fingerprint density at radius 3 is 2.39 bits per heavy atom. The van der Waals surface area contributed by atoms with Gasteiger partial charge in [0, 0.05) is 35.2 Å². The molecule has 0 aromatic heterocycles. The number of likely N-dealkylation sites (N-methyl/N-ethyl adjacent to an activating group) is 1. The minimum atomic E-state index is -1.16. The second kappa shape index (κ2) is 5.72. The molecule has 0 fully saturated rings. The van der Waals surface area contributed by atoms with Crippen molar-refractivity contribution < 1.29 is 0 Å². The van der Waals surface area contributed by atoms with Gasteiger partial charge < -0.3 is 4.90 Å². The van der Waals surface area contributed by atoms with Crippen LogP contribution in [0.3, 0.4) is 0 Å². The highest BCUT2D eigenvalue weighted by Gasteiger charge is 2.48. The van der Waals surface area contributed by atoms with Crippen molar-refractivity contribution in [3.8, 4) is 12.1 Å². The Bertz CT molecular complexity index is 813. The summed E-state index contributed by atoms with van der Waals surface area (Å²) in [5, 5.41) is 19.9. The van der Waals surface area contributed by atoms with E-state index in [9.17, 15) is 10.5 Å². The summed E-state index contributed by atoms with van der Waals surface area (Å²) in [6.07, 6.45) is 0. The Kier molecular flexibility index (Phi) is 3.88. The first-order valence-electron chi connectivity index (χ1n) is 7.42. The predicted molar refractivity (Wildman–Crippen MR) is 94.2 cm³/mol. The Morgan fingerprint density at radius 1 is 1.13 bits per heavy atom. The van der Waals surface area contributed by atoms with E-state index in [0.717, 1.165) is 26.9 Å². The van der Waals surface area contributed by atoms with Gasteiger partial charge in [-0.2, -0.15) is 10.5 Å². The van der Waals surface area contributed by atoms with E-state index in [1.807, 2.05) is 56.4 Å². The highest BCUT2D eigenvalue weighted by Crippen LogP contribution is 2.47. The van der Waals surface area contributed by atoms with Gasteiger partial charge in [-0.15, -0.1) is 0 Å². The summed E-state index contributed by atoms with van der Waals surface area (Å²) in [6.45, 7) is 2.63. The zero-order chi connectivity index (χ0) is 16.6. The number of nitrogens with zero attached hydrogens (tertiary/aromatic N) is 3. The average Bonchev–Trinajstić information content (AvgIpc) is 2.56. The molecule has 0 spiro atoms. The number of nitriles is 2. The summed E-state index contributed by atoms with van der Waals surface area (Å²) in [4.78, 5) is 2.13. The lowest BCUT2D eigenvalue weighted by Crippen LogP contribution is -2.44. The highest BCUT2D eigenvalue weighted by molar-refractivity contribution is 9.10. The van der Waals surface area contributed by atoms with Gasteiger partial charge in [0.25, 0.3) is 0 Å². The lowest BCUT2D eigenvalue weighted by Gasteiger charge is -2.41. The van der Waals surface area contributed by atoms with Crippen LogP contribution in [0.4, 0.5) is 5.69 Å². The third-order valence-electron chi connectivity index (χ3n) is 4.59. The monoisotopic (exact) mass is 365 g/mol. The highest BCUT2D eigenvalue weighted by atomic mass is 79.9. The quantitative estimate of drug-likeness (QED) is 0.757. The van der Waals surface area contributed by atoms with Gasteiger partial charge in [0.05, 0.1) is 12.1 Å². The largest absolute Gasteiger partial charge is 0.374 e. The third kappa shape index (κ3) is 2.40. The van der Waals surface area contributed by atoms with Gasteiger partial charge in [-0.3, -0.25) is 0 Å². The van der Waals surface area contributed by atoms with Crippen LogP contribution < -0.4 is 4.90 Å². The zero-order valence-electron chi connectivity index (χ0n) is 13.0. The molecule has 2 aromatic carbocycles. The third-order valence-corrected chi connectivity index (χ3v) is 5.12. The number of benzene rings is 2. The summed E-state index contributed by atoms with van der Waals surface area (Å²) in [5.74, 6) is -0.190. The molecule has 0 aliphatic carbocycles. The molecule has 4 heteroatoms. The molecule has 0 saturated carbocycles. The molecule has 0 bridgehead atoms. The number of hydrogen-bond acceptors (Lipinski definition) is 3. The van der Waals surface area contributed by atoms with Gasteiger partial charge in [0.1, 0.15) is 0 Å². The summed E-state index contributed by atoms with van der Waals surface area (Å²) in [5.41, 5.74) is 2.68. The first kappa shape index (κ1) is 15.6. The van der Waals surface area contributed by atoms with E-state index in [4.69, 9.17) is 0 Å². The fourth-order valence-corrected chi connectivity index (χ4v) is 3.61. The molecular formula is C19H16BrN3. The average molecular weight is 366 g/mol. The van der Waals surface area contributed by atoms with Gasteiger partial charge in [0.2, 0.25) is 0 Å². The lowest BCUT2D eigenvalue weighted by molar-refractivity contribution is 0.505. The number of fused-ring (bicyclic) bond motifs is 1. The van der Waals surface area contributed by atoms with Crippen molar-refractivity contribution in [2.24, 2.45) is 0 Å². The molecule has 0 amide bonds. The summed E-state index contributed by atoms with van der Waals surface area (Å²) >= 11 is 3.44. The SMILES string of the molecule is Cc1ccc2c(c1)C(C#N)(C#N)C(c1ccc(Br)cc1)CN2C. The van der Waals surface area contributed by atoms with E-state index in [1.165, 1.54) is 0 Å². The molecule has 0 N–H and O–H groups in total. The second-order valence-electron chi connectivity index (χ2n) is 6.04. The molecule has 3 rings (SSSR count). The van der Waals surface area contributed by atoms with Gasteiger partial charge >= 0.3 is 0 Å². The first-order chi connectivity index (χ1) is 11.0. The van der Waals surface area contributed by atoms with Crippen LogP contribution in [0.15, 0.2) is 46.9 Å². The maximum Gasteiger partial charge on any atom is 0.179 e. The number of anilines is 1. The van der Waals surface area contributed by atoms with E-state index < -0.39 is 5.41 Å². The van der Waals surface area contributed by atoms with Crippen molar-refractivity contribution in [2.45, 2.75) is 18.3 Å². The summed E-state index contributed by atoms with van der Waals surface area (Å²) in [6, 6.07) is 18.6. The Morgan fingerprint density at radius 2 is 1.78 bits per heavy atom. The Balaban J connectivity index is 2.24. The van der Waals surface area contributed by atoms with Crippen LogP contribution >= 0.6 is 15.9 Å². The maximum atomic E-state index is 9.95. The van der Waals surface area contributed by atoms with E-state index >= 15 is 0 Å². The smallest absolute Gasteiger partial charge is 0.179 e. The van der Waals surface area contributed by atoms with Crippen molar-refractivity contribution in [1.82, 2.24) is 0 Å². The molecule has 1 heterocycles. The molecule has 1 aliphatic rings. The fraction of sp³-hybridized carbons (Fsp3) is 0.263. The van der Waals surface area contributed by atoms with Crippen molar-refractivity contribution in [2.75, 3.05) is 18.5 Å². The van der Waals surface area contributed by atoms with E-state index in [-0.39, 0.29) is 5.92 Å². The van der Waals surface area contributed by atoms with Crippen molar-refractivity contribution in [3.05, 3.63) is 63.6 Å². The molecule has 1 aliphatic heterocycles. The topological polar surface area (TPSA) is 50.8 Å². The van der Waals surface area contributed by atoms with Gasteiger partial charge in [-0.25, -0.2) is 0 Å². The molecule has 2 aromatic rings. The van der Waals surface area contributed by atoms with Crippen molar-refractivity contribution in [1.29, 1.82) is 10.5 Å². The van der Waals surface area contributed by atoms with Gasteiger partial charge in [-0.1, -0.05) is 45.8 Å². The minimum Gasteiger partial charge on any atom is -0.374 e. The van der Waals surface area contributed by atoms with Gasteiger partial charge in [-0.05, 0) is 30.7 Å². The number of halogens is 1. The van der Waals surface area contributed by atoms with Crippen LogP contribution in [-0.2, 0) is 5.41 Å². The van der Waals surface area contributed by atoms with E-state index in [0.29, 0.717) is 6.54 Å². The molecular weight excluding hydrogens is 350 g/mol. The Labute approximate surface area is 144 Å². The number of hydrogen-bond donors (Lipinski definition) is 0. The van der Waals surface area contributed by atoms with E-state index in [1.54, 1.807) is 0 Å². The lowest BCUT2D eigenvalue weighted by atomic mass is 9.66. The summed E-state index contributed by atoms with van der Waals surface area (Å²) in [7, 11) is 2.01. The summed E-state index contributed by atoms with van der Waals surface area (Å²) < 4.78 is 0.987. The van der Waals surface area contributed by atoms with Crippen LogP contribution in [0.1, 0.15) is 22.6 Å². The molecule has 1 atom stereocenters. The molecule has 114 valence electrons. The maximum absolute atomic E-state index is 9.95.